The molecular weight excluding hydrogens is 426 g/mol. The lowest BCUT2D eigenvalue weighted by Gasteiger charge is -2.20. The Morgan fingerprint density at radius 2 is 1.59 bits per heavy atom. The predicted octanol–water partition coefficient (Wildman–Crippen LogP) is 4.71. The summed E-state index contributed by atoms with van der Waals surface area (Å²) in [5, 5.41) is 5.93. The maximum Gasteiger partial charge on any atom is 0.315 e. The number of amides is 3. The highest BCUT2D eigenvalue weighted by molar-refractivity contribution is 5.96. The lowest BCUT2D eigenvalue weighted by atomic mass is 9.88. The van der Waals surface area contributed by atoms with E-state index in [-0.39, 0.29) is 30.3 Å². The van der Waals surface area contributed by atoms with Gasteiger partial charge in [0.25, 0.3) is 0 Å². The van der Waals surface area contributed by atoms with Gasteiger partial charge in [0.05, 0.1) is 12.6 Å². The summed E-state index contributed by atoms with van der Waals surface area (Å²) in [6.45, 7) is 3.52. The molecule has 1 saturated heterocycles. The maximum atomic E-state index is 12.6. The Morgan fingerprint density at radius 3 is 2.18 bits per heavy atom. The van der Waals surface area contributed by atoms with Gasteiger partial charge in [-0.1, -0.05) is 60.7 Å². The topological polar surface area (TPSA) is 70.7 Å². The van der Waals surface area contributed by atoms with Crippen LogP contribution in [-0.2, 0) is 4.79 Å². The molecule has 3 aromatic rings. The fraction of sp³-hybridized carbons (Fsp3) is 0.286. The van der Waals surface area contributed by atoms with Crippen molar-refractivity contribution >= 4 is 17.6 Å². The van der Waals surface area contributed by atoms with Crippen LogP contribution in [0.1, 0.15) is 36.8 Å². The second-order valence-corrected chi connectivity index (χ2v) is 8.40. The van der Waals surface area contributed by atoms with Crippen LogP contribution in [0.4, 0.5) is 10.5 Å². The Bertz CT molecular complexity index is 1030. The molecule has 0 bridgehead atoms. The van der Waals surface area contributed by atoms with Gasteiger partial charge in [0.2, 0.25) is 5.91 Å². The summed E-state index contributed by atoms with van der Waals surface area (Å²) >= 11 is 0. The zero-order valence-electron chi connectivity index (χ0n) is 19.4. The van der Waals surface area contributed by atoms with E-state index < -0.39 is 0 Å². The van der Waals surface area contributed by atoms with Crippen molar-refractivity contribution in [1.29, 1.82) is 0 Å². The van der Waals surface area contributed by atoms with Crippen LogP contribution < -0.4 is 20.3 Å². The molecule has 2 N–H and O–H groups in total. The molecule has 6 heteroatoms. The molecule has 0 spiro atoms. The summed E-state index contributed by atoms with van der Waals surface area (Å²) in [5.41, 5.74) is 3.26. The van der Waals surface area contributed by atoms with E-state index in [1.165, 1.54) is 11.1 Å². The van der Waals surface area contributed by atoms with Gasteiger partial charge in [-0.15, -0.1) is 0 Å². The lowest BCUT2D eigenvalue weighted by Crippen LogP contribution is -2.43. The van der Waals surface area contributed by atoms with E-state index in [0.717, 1.165) is 17.9 Å². The lowest BCUT2D eigenvalue weighted by molar-refractivity contribution is -0.117. The Balaban J connectivity index is 1.29. The first-order valence-corrected chi connectivity index (χ1v) is 11.8. The molecule has 1 fully saturated rings. The van der Waals surface area contributed by atoms with E-state index in [4.69, 9.17) is 4.74 Å². The van der Waals surface area contributed by atoms with Crippen LogP contribution in [0, 0.1) is 0 Å². The number of rotatable bonds is 9. The monoisotopic (exact) mass is 457 g/mol. The summed E-state index contributed by atoms with van der Waals surface area (Å²) in [4.78, 5) is 26.8. The second kappa shape index (κ2) is 11.4. The molecule has 1 unspecified atom stereocenters. The first-order chi connectivity index (χ1) is 16.6. The van der Waals surface area contributed by atoms with Gasteiger partial charge in [0.1, 0.15) is 5.75 Å². The normalized spacial score (nSPS) is 15.4. The molecule has 1 heterocycles. The number of nitrogens with one attached hydrogen (secondary N) is 2. The summed E-state index contributed by atoms with van der Waals surface area (Å²) < 4.78 is 5.47. The van der Waals surface area contributed by atoms with Crippen molar-refractivity contribution in [2.45, 2.75) is 31.7 Å². The molecular formula is C28H31N3O3. The van der Waals surface area contributed by atoms with Crippen LogP contribution in [0.25, 0.3) is 0 Å². The van der Waals surface area contributed by atoms with E-state index in [1.807, 2.05) is 67.6 Å². The van der Waals surface area contributed by atoms with Crippen molar-refractivity contribution < 1.29 is 14.3 Å². The molecule has 1 aliphatic rings. The average molecular weight is 458 g/mol. The molecule has 3 aromatic carbocycles. The number of urea groups is 1. The largest absolute Gasteiger partial charge is 0.494 e. The molecule has 176 valence electrons. The molecule has 0 saturated carbocycles. The molecule has 0 aliphatic carbocycles. The van der Waals surface area contributed by atoms with Crippen molar-refractivity contribution in [3.8, 4) is 5.75 Å². The molecule has 3 amide bonds. The van der Waals surface area contributed by atoms with E-state index in [2.05, 4.69) is 34.9 Å². The molecule has 34 heavy (non-hydrogen) atoms. The minimum absolute atomic E-state index is 0.00248. The van der Waals surface area contributed by atoms with Gasteiger partial charge in [0.15, 0.2) is 0 Å². The van der Waals surface area contributed by atoms with Crippen molar-refractivity contribution in [2.75, 3.05) is 24.6 Å². The molecule has 6 nitrogen and oxygen atoms in total. The van der Waals surface area contributed by atoms with Crippen LogP contribution in [0.5, 0.6) is 5.75 Å². The van der Waals surface area contributed by atoms with Crippen LogP contribution in [0.15, 0.2) is 84.9 Å². The second-order valence-electron chi connectivity index (χ2n) is 8.40. The fourth-order valence-electron chi connectivity index (χ4n) is 4.41. The average Bonchev–Trinajstić information content (AvgIpc) is 3.23. The minimum Gasteiger partial charge on any atom is -0.494 e. The summed E-state index contributed by atoms with van der Waals surface area (Å²) in [6.07, 6.45) is 1.07. The highest BCUT2D eigenvalue weighted by Gasteiger charge is 2.31. The van der Waals surface area contributed by atoms with Crippen LogP contribution in [0.2, 0.25) is 0 Å². The zero-order chi connectivity index (χ0) is 23.8. The van der Waals surface area contributed by atoms with Gasteiger partial charge in [-0.2, -0.15) is 0 Å². The van der Waals surface area contributed by atoms with E-state index in [1.54, 1.807) is 4.90 Å². The van der Waals surface area contributed by atoms with Gasteiger partial charge in [0, 0.05) is 31.1 Å². The fourth-order valence-corrected chi connectivity index (χ4v) is 4.41. The number of benzene rings is 3. The molecule has 1 aliphatic heterocycles. The molecule has 0 radical (unpaired) electrons. The van der Waals surface area contributed by atoms with Crippen molar-refractivity contribution in [1.82, 2.24) is 10.6 Å². The van der Waals surface area contributed by atoms with Crippen molar-refractivity contribution in [3.05, 3.63) is 96.1 Å². The van der Waals surface area contributed by atoms with Gasteiger partial charge in [-0.05, 0) is 48.7 Å². The Morgan fingerprint density at radius 1 is 0.971 bits per heavy atom. The van der Waals surface area contributed by atoms with Gasteiger partial charge < -0.3 is 20.3 Å². The molecule has 1 atom stereocenters. The molecule has 4 rings (SSSR count). The Hall–Kier alpha value is -3.80. The maximum absolute atomic E-state index is 12.6. The number of carbonyl (C=O) groups is 2. The van der Waals surface area contributed by atoms with Crippen LogP contribution in [0.3, 0.4) is 0 Å². The predicted molar refractivity (Wildman–Crippen MR) is 134 cm³/mol. The summed E-state index contributed by atoms with van der Waals surface area (Å²) in [6, 6.07) is 27.7. The quantitative estimate of drug-likeness (QED) is 0.489. The van der Waals surface area contributed by atoms with Crippen molar-refractivity contribution in [2.24, 2.45) is 0 Å². The number of nitrogens with zero attached hydrogens (tertiary/aromatic N) is 1. The first kappa shape index (κ1) is 23.4. The van der Waals surface area contributed by atoms with E-state index in [0.29, 0.717) is 19.7 Å². The third-order valence-electron chi connectivity index (χ3n) is 6.04. The number of hydrogen-bond donors (Lipinski definition) is 2. The highest BCUT2D eigenvalue weighted by Crippen LogP contribution is 2.27. The zero-order valence-corrected chi connectivity index (χ0v) is 19.4. The van der Waals surface area contributed by atoms with Crippen LogP contribution in [-0.4, -0.2) is 37.7 Å². The summed E-state index contributed by atoms with van der Waals surface area (Å²) in [7, 11) is 0. The Kier molecular flexibility index (Phi) is 7.81. The van der Waals surface area contributed by atoms with Gasteiger partial charge >= 0.3 is 6.03 Å². The number of carbonyl (C=O) groups excluding carboxylic acids is 2. The number of hydrogen-bond acceptors (Lipinski definition) is 3. The smallest absolute Gasteiger partial charge is 0.315 e. The number of anilines is 1. The minimum atomic E-state index is -0.244. The van der Waals surface area contributed by atoms with E-state index >= 15 is 0 Å². The third kappa shape index (κ3) is 5.95. The third-order valence-corrected chi connectivity index (χ3v) is 6.04. The van der Waals surface area contributed by atoms with Crippen molar-refractivity contribution in [3.63, 3.8) is 0 Å². The Labute approximate surface area is 200 Å². The summed E-state index contributed by atoms with van der Waals surface area (Å²) in [5.74, 6) is 0.977. The highest BCUT2D eigenvalue weighted by atomic mass is 16.5. The standard InChI is InChI=1S/C28H31N3O3/c1-2-34-25-15-13-24(14-16-25)31-20-23(19-27(31)32)30-28(33)29-18-17-26(21-9-5-3-6-10-21)22-11-7-4-8-12-22/h3-16,23,26H,2,17-20H2,1H3,(H2,29,30,33). The van der Waals surface area contributed by atoms with Gasteiger partial charge in [-0.25, -0.2) is 4.79 Å². The first-order valence-electron chi connectivity index (χ1n) is 11.8. The number of ether oxygens (including phenoxy) is 1. The molecule has 0 aromatic heterocycles. The van der Waals surface area contributed by atoms with E-state index in [9.17, 15) is 9.59 Å². The van der Waals surface area contributed by atoms with Crippen LogP contribution >= 0.6 is 0 Å². The SMILES string of the molecule is CCOc1ccc(N2CC(NC(=O)NCCC(c3ccccc3)c3ccccc3)CC2=O)cc1. The van der Waals surface area contributed by atoms with Gasteiger partial charge in [-0.3, -0.25) is 4.79 Å².